The maximum absolute atomic E-state index is 13.5. The van der Waals surface area contributed by atoms with Crippen molar-refractivity contribution in [2.45, 2.75) is 315 Å². The van der Waals surface area contributed by atoms with E-state index in [-0.39, 0.29) is 24.9 Å². The van der Waals surface area contributed by atoms with Gasteiger partial charge in [-0.1, -0.05) is 288 Å². The van der Waals surface area contributed by atoms with Crippen molar-refractivity contribution in [2.75, 3.05) is 40.9 Å². The van der Waals surface area contributed by atoms with E-state index in [2.05, 4.69) is 62.5 Å². The number of esters is 1. The summed E-state index contributed by atoms with van der Waals surface area (Å²) in [4.78, 5) is 39.9. The molecule has 440 valence electrons. The zero-order valence-corrected chi connectivity index (χ0v) is 51.2. The van der Waals surface area contributed by atoms with Crippen molar-refractivity contribution < 1.29 is 37.3 Å². The standard InChI is InChI=1S/C65H123N2O7P/c1-7-10-13-16-19-22-25-27-28-29-30-31-32-33-34-35-36-37-38-40-42-45-48-51-54-57-64(68)66-62(61-73-75(70,71)72-60-59-67(4,5)6)63(56-53-50-47-44-41-24-21-18-15-12-9-3)74-65(69)58-55-52-49-46-43-39-26-23-20-17-14-11-8-2/h11,14,17,20,23,26,53,56,62-63H,7-10,12-13,15-16,18-19,21-22,24-25,27-52,54-55,57-61H2,1-6H3,(H-,66,68,70,71)/b14-11+,20-17+,26-23-,56-53-. The molecular formula is C65H123N2O7P. The van der Waals surface area contributed by atoms with Crippen molar-refractivity contribution in [1.29, 1.82) is 0 Å². The minimum atomic E-state index is -4.70. The number of hydrogen-bond acceptors (Lipinski definition) is 7. The van der Waals surface area contributed by atoms with Gasteiger partial charge in [-0.25, -0.2) is 0 Å². The van der Waals surface area contributed by atoms with E-state index < -0.39 is 26.6 Å². The highest BCUT2D eigenvalue weighted by molar-refractivity contribution is 7.45. The Balaban J connectivity index is 5.02. The molecule has 0 aliphatic rings. The molecule has 0 aliphatic heterocycles. The Hall–Kier alpha value is -2.03. The normalized spacial score (nSPS) is 14.0. The van der Waals surface area contributed by atoms with Crippen LogP contribution in [0.3, 0.4) is 0 Å². The zero-order valence-electron chi connectivity index (χ0n) is 50.3. The second kappa shape index (κ2) is 55.3. The molecule has 0 bridgehead atoms. The molecule has 0 radical (unpaired) electrons. The third-order valence-corrected chi connectivity index (χ3v) is 15.3. The highest BCUT2D eigenvalue weighted by Crippen LogP contribution is 2.38. The van der Waals surface area contributed by atoms with Gasteiger partial charge in [-0.15, -0.1) is 0 Å². The van der Waals surface area contributed by atoms with Crippen molar-refractivity contribution in [3.8, 4) is 0 Å². The van der Waals surface area contributed by atoms with Crippen molar-refractivity contribution in [1.82, 2.24) is 5.32 Å². The molecular weight excluding hydrogens is 952 g/mol. The number of amides is 1. The molecule has 0 aromatic rings. The van der Waals surface area contributed by atoms with Gasteiger partial charge >= 0.3 is 5.97 Å². The molecule has 0 fully saturated rings. The highest BCUT2D eigenvalue weighted by atomic mass is 31.2. The summed E-state index contributed by atoms with van der Waals surface area (Å²) in [5, 5.41) is 3.03. The molecule has 0 aliphatic carbocycles. The van der Waals surface area contributed by atoms with Gasteiger partial charge < -0.3 is 28.5 Å². The number of rotatable bonds is 58. The Morgan fingerprint density at radius 3 is 1.27 bits per heavy atom. The van der Waals surface area contributed by atoms with E-state index in [1.54, 1.807) is 0 Å². The SMILES string of the molecule is CC/C=C/C=C/C=C\CCCCCCCC(=O)OC(/C=C\CCCCCCCCCCC)C(COP(=O)([O-])OCC[N+](C)(C)C)NC(=O)CCCCCCCCCCCCCCCCCCCCCCCCCCC. The first kappa shape index (κ1) is 73.0. The Bertz CT molecular complexity index is 1420. The molecule has 1 amide bonds. The second-order valence-corrected chi connectivity index (χ2v) is 24.4. The number of hydrogen-bond donors (Lipinski definition) is 1. The molecule has 75 heavy (non-hydrogen) atoms. The lowest BCUT2D eigenvalue weighted by molar-refractivity contribution is -0.870. The smallest absolute Gasteiger partial charge is 0.306 e. The van der Waals surface area contributed by atoms with Crippen molar-refractivity contribution in [2.24, 2.45) is 0 Å². The van der Waals surface area contributed by atoms with E-state index in [0.717, 1.165) is 77.0 Å². The molecule has 3 atom stereocenters. The first-order chi connectivity index (χ1) is 36.4. The number of carbonyl (C=O) groups is 2. The van der Waals surface area contributed by atoms with Crippen molar-refractivity contribution in [3.05, 3.63) is 48.6 Å². The van der Waals surface area contributed by atoms with Gasteiger partial charge in [0.25, 0.3) is 7.82 Å². The molecule has 0 aromatic heterocycles. The molecule has 10 heteroatoms. The fourth-order valence-corrected chi connectivity index (χ4v) is 10.1. The van der Waals surface area contributed by atoms with Gasteiger partial charge in [-0.2, -0.15) is 0 Å². The zero-order chi connectivity index (χ0) is 55.0. The van der Waals surface area contributed by atoms with Gasteiger partial charge in [-0.05, 0) is 51.0 Å². The predicted molar refractivity (Wildman–Crippen MR) is 321 cm³/mol. The van der Waals surface area contributed by atoms with Gasteiger partial charge in [-0.3, -0.25) is 14.2 Å². The third kappa shape index (κ3) is 56.5. The van der Waals surface area contributed by atoms with Crippen LogP contribution in [0.5, 0.6) is 0 Å². The summed E-state index contributed by atoms with van der Waals surface area (Å²) in [5.74, 6) is -0.555. The number of carbonyl (C=O) groups excluding carboxylic acids is 2. The molecule has 0 aromatic carbocycles. The van der Waals surface area contributed by atoms with Crippen LogP contribution in [0.1, 0.15) is 303 Å². The topological polar surface area (TPSA) is 114 Å². The summed E-state index contributed by atoms with van der Waals surface area (Å²) >= 11 is 0. The van der Waals surface area contributed by atoms with Crippen molar-refractivity contribution >= 4 is 19.7 Å². The lowest BCUT2D eigenvalue weighted by Gasteiger charge is -2.30. The van der Waals surface area contributed by atoms with E-state index >= 15 is 0 Å². The number of nitrogens with one attached hydrogen (secondary N) is 1. The number of nitrogens with zero attached hydrogens (tertiary/aromatic N) is 1. The maximum Gasteiger partial charge on any atom is 0.306 e. The van der Waals surface area contributed by atoms with Gasteiger partial charge in [0.05, 0.1) is 33.8 Å². The van der Waals surface area contributed by atoms with E-state index in [9.17, 15) is 19.0 Å². The van der Waals surface area contributed by atoms with Crippen LogP contribution in [0.25, 0.3) is 0 Å². The molecule has 0 saturated heterocycles. The van der Waals surface area contributed by atoms with E-state index in [0.29, 0.717) is 23.9 Å². The third-order valence-electron chi connectivity index (χ3n) is 14.3. The van der Waals surface area contributed by atoms with Gasteiger partial charge in [0, 0.05) is 12.8 Å². The van der Waals surface area contributed by atoms with Crippen LogP contribution in [0, 0.1) is 0 Å². The number of unbranched alkanes of at least 4 members (excludes halogenated alkanes) is 38. The number of phosphoric acid groups is 1. The lowest BCUT2D eigenvalue weighted by atomic mass is 10.0. The van der Waals surface area contributed by atoms with Crippen molar-refractivity contribution in [3.63, 3.8) is 0 Å². The van der Waals surface area contributed by atoms with Crippen LogP contribution in [-0.4, -0.2) is 69.4 Å². The number of quaternary nitrogens is 1. The maximum atomic E-state index is 13.5. The molecule has 3 unspecified atom stereocenters. The Kier molecular flexibility index (Phi) is 53.8. The predicted octanol–water partition coefficient (Wildman–Crippen LogP) is 19.0. The Morgan fingerprint density at radius 1 is 0.480 bits per heavy atom. The second-order valence-electron chi connectivity index (χ2n) is 23.0. The van der Waals surface area contributed by atoms with Crippen LogP contribution in [0.15, 0.2) is 48.6 Å². The van der Waals surface area contributed by atoms with Crippen LogP contribution >= 0.6 is 7.82 Å². The summed E-state index contributed by atoms with van der Waals surface area (Å²) in [6, 6.07) is -0.894. The summed E-state index contributed by atoms with van der Waals surface area (Å²) in [6.07, 6.45) is 68.1. The number of ether oxygens (including phenoxy) is 1. The molecule has 0 heterocycles. The first-order valence-corrected chi connectivity index (χ1v) is 33.4. The summed E-state index contributed by atoms with van der Waals surface area (Å²) in [5.41, 5.74) is 0. The van der Waals surface area contributed by atoms with E-state index in [1.165, 1.54) is 186 Å². The average Bonchev–Trinajstić information content (AvgIpc) is 3.37. The summed E-state index contributed by atoms with van der Waals surface area (Å²) in [6.45, 7) is 6.72. The van der Waals surface area contributed by atoms with E-state index in [4.69, 9.17) is 13.8 Å². The monoisotopic (exact) mass is 1070 g/mol. The Labute approximate surface area is 465 Å². The van der Waals surface area contributed by atoms with Crippen LogP contribution in [-0.2, 0) is 27.9 Å². The quantitative estimate of drug-likeness (QED) is 0.0161. The van der Waals surface area contributed by atoms with Gasteiger partial charge in [0.2, 0.25) is 5.91 Å². The minimum Gasteiger partial charge on any atom is -0.756 e. The first-order valence-electron chi connectivity index (χ1n) is 32.0. The average molecular weight is 1080 g/mol. The summed E-state index contributed by atoms with van der Waals surface area (Å²) < 4.78 is 30.3. The lowest BCUT2D eigenvalue weighted by Crippen LogP contribution is -2.47. The molecule has 0 spiro atoms. The fraction of sp³-hybridized carbons (Fsp3) is 0.846. The number of allylic oxidation sites excluding steroid dienone is 7. The summed E-state index contributed by atoms with van der Waals surface area (Å²) in [7, 11) is 1.18. The molecule has 0 saturated carbocycles. The van der Waals surface area contributed by atoms with Crippen LogP contribution in [0.2, 0.25) is 0 Å². The van der Waals surface area contributed by atoms with Gasteiger partial charge in [0.15, 0.2) is 0 Å². The Morgan fingerprint density at radius 2 is 0.853 bits per heavy atom. The number of likely N-dealkylation sites (N-methyl/N-ethyl adjacent to an activating group) is 1. The molecule has 9 nitrogen and oxygen atoms in total. The molecule has 1 N–H and O–H groups in total. The number of phosphoric ester groups is 1. The fourth-order valence-electron chi connectivity index (χ4n) is 9.41. The van der Waals surface area contributed by atoms with Gasteiger partial charge in [0.1, 0.15) is 19.3 Å². The highest BCUT2D eigenvalue weighted by Gasteiger charge is 2.27. The van der Waals surface area contributed by atoms with E-state index in [1.807, 2.05) is 33.3 Å². The largest absolute Gasteiger partial charge is 0.756 e. The van der Waals surface area contributed by atoms with Crippen LogP contribution < -0.4 is 10.2 Å². The van der Waals surface area contributed by atoms with Crippen LogP contribution in [0.4, 0.5) is 0 Å². The molecule has 0 rings (SSSR count). The minimum absolute atomic E-state index is 0.0249.